The fourth-order valence-corrected chi connectivity index (χ4v) is 5.11. The zero-order valence-corrected chi connectivity index (χ0v) is 19.0. The minimum Gasteiger partial charge on any atom is -0.349 e. The van der Waals surface area contributed by atoms with Crippen molar-refractivity contribution in [1.82, 2.24) is 14.5 Å². The van der Waals surface area contributed by atoms with Crippen molar-refractivity contribution in [1.29, 1.82) is 0 Å². The highest BCUT2D eigenvalue weighted by Crippen LogP contribution is 2.22. The molecule has 0 unspecified atom stereocenters. The predicted molar refractivity (Wildman–Crippen MR) is 117 cm³/mol. The van der Waals surface area contributed by atoms with Crippen molar-refractivity contribution >= 4 is 37.8 Å². The molecule has 0 aromatic heterocycles. The Bertz CT molecular complexity index is 989. The number of amides is 2. The van der Waals surface area contributed by atoms with Crippen LogP contribution in [0.15, 0.2) is 64.0 Å². The lowest BCUT2D eigenvalue weighted by Crippen LogP contribution is -2.51. The molecule has 0 aliphatic carbocycles. The maximum absolute atomic E-state index is 12.8. The van der Waals surface area contributed by atoms with Crippen molar-refractivity contribution in [2.24, 2.45) is 0 Å². The van der Waals surface area contributed by atoms with Crippen LogP contribution in [-0.2, 0) is 19.6 Å². The van der Waals surface area contributed by atoms with Gasteiger partial charge in [0.25, 0.3) is 0 Å². The maximum atomic E-state index is 12.8. The quantitative estimate of drug-likeness (QED) is 0.669. The second-order valence-electron chi connectivity index (χ2n) is 7.11. The Balaban J connectivity index is 1.63. The average molecular weight is 494 g/mol. The molecule has 2 aromatic rings. The number of benzene rings is 2. The highest BCUT2D eigenvalue weighted by Gasteiger charge is 2.31. The molecule has 0 spiro atoms. The van der Waals surface area contributed by atoms with Gasteiger partial charge in [0.15, 0.2) is 0 Å². The van der Waals surface area contributed by atoms with E-state index in [1.165, 1.54) is 11.2 Å². The van der Waals surface area contributed by atoms with E-state index in [1.807, 2.05) is 30.3 Å². The first kappa shape index (κ1) is 22.5. The first-order valence-electron chi connectivity index (χ1n) is 9.63. The van der Waals surface area contributed by atoms with Crippen LogP contribution < -0.4 is 5.32 Å². The highest BCUT2D eigenvalue weighted by atomic mass is 79.9. The first-order valence-corrected chi connectivity index (χ1v) is 11.9. The number of nitrogens with one attached hydrogen (secondary N) is 1. The first-order chi connectivity index (χ1) is 14.3. The maximum Gasteiger partial charge on any atom is 0.243 e. The van der Waals surface area contributed by atoms with E-state index in [0.29, 0.717) is 13.1 Å². The average Bonchev–Trinajstić information content (AvgIpc) is 2.74. The minimum absolute atomic E-state index is 0.113. The fourth-order valence-electron chi connectivity index (χ4n) is 3.42. The predicted octanol–water partition coefficient (Wildman–Crippen LogP) is 2.55. The molecule has 0 saturated carbocycles. The van der Waals surface area contributed by atoms with Gasteiger partial charge in [-0.25, -0.2) is 8.42 Å². The normalized spacial score (nSPS) is 16.1. The number of sulfonamides is 1. The number of nitrogens with zero attached hydrogens (tertiary/aromatic N) is 2. The van der Waals surface area contributed by atoms with Gasteiger partial charge in [-0.2, -0.15) is 4.31 Å². The third kappa shape index (κ3) is 5.47. The van der Waals surface area contributed by atoms with Crippen molar-refractivity contribution in [3.63, 3.8) is 0 Å². The third-order valence-electron chi connectivity index (χ3n) is 5.00. The molecular weight excluding hydrogens is 470 g/mol. The number of rotatable bonds is 6. The molecule has 0 bridgehead atoms. The molecule has 3 rings (SSSR count). The standard InChI is InChI=1S/C21H24BrN3O4S/c1-16(26)23-20(17-5-3-2-4-6-17)15-21(27)24-11-13-25(14-12-24)30(28,29)19-9-7-18(22)8-10-19/h2-10,20H,11-15H2,1H3,(H,23,26)/t20-/m0/s1. The van der Waals surface area contributed by atoms with Crippen LogP contribution in [0.2, 0.25) is 0 Å². The van der Waals surface area contributed by atoms with Crippen LogP contribution in [0.3, 0.4) is 0 Å². The number of halogens is 1. The third-order valence-corrected chi connectivity index (χ3v) is 7.44. The fraction of sp³-hybridized carbons (Fsp3) is 0.333. The minimum atomic E-state index is -3.59. The van der Waals surface area contributed by atoms with E-state index < -0.39 is 16.1 Å². The molecule has 1 saturated heterocycles. The van der Waals surface area contributed by atoms with Crippen LogP contribution in [0, 0.1) is 0 Å². The van der Waals surface area contributed by atoms with E-state index >= 15 is 0 Å². The van der Waals surface area contributed by atoms with Crippen molar-refractivity contribution in [2.45, 2.75) is 24.3 Å². The van der Waals surface area contributed by atoms with Crippen molar-refractivity contribution in [3.8, 4) is 0 Å². The lowest BCUT2D eigenvalue weighted by atomic mass is 10.0. The van der Waals surface area contributed by atoms with Gasteiger partial charge in [-0.15, -0.1) is 0 Å². The molecule has 1 atom stereocenters. The van der Waals surface area contributed by atoms with Crippen molar-refractivity contribution in [2.75, 3.05) is 26.2 Å². The number of hydrogen-bond acceptors (Lipinski definition) is 4. The summed E-state index contributed by atoms with van der Waals surface area (Å²) in [5, 5.41) is 2.83. The summed E-state index contributed by atoms with van der Waals surface area (Å²) >= 11 is 3.30. The van der Waals surface area contributed by atoms with Crippen LogP contribution in [0.1, 0.15) is 24.9 Å². The van der Waals surface area contributed by atoms with E-state index in [4.69, 9.17) is 0 Å². The zero-order valence-electron chi connectivity index (χ0n) is 16.6. The number of hydrogen-bond donors (Lipinski definition) is 1. The summed E-state index contributed by atoms with van der Waals surface area (Å²) in [5.41, 5.74) is 0.859. The van der Waals surface area contributed by atoms with Crippen LogP contribution in [0.5, 0.6) is 0 Å². The molecule has 1 fully saturated rings. The summed E-state index contributed by atoms with van der Waals surface area (Å²) in [7, 11) is -3.59. The lowest BCUT2D eigenvalue weighted by Gasteiger charge is -2.34. The number of carbonyl (C=O) groups is 2. The molecule has 0 radical (unpaired) electrons. The van der Waals surface area contributed by atoms with Gasteiger partial charge in [0.2, 0.25) is 21.8 Å². The molecule has 1 aliphatic heterocycles. The number of carbonyl (C=O) groups excluding carboxylic acids is 2. The molecule has 30 heavy (non-hydrogen) atoms. The Morgan fingerprint density at radius 2 is 1.60 bits per heavy atom. The van der Waals surface area contributed by atoms with E-state index in [9.17, 15) is 18.0 Å². The summed E-state index contributed by atoms with van der Waals surface area (Å²) in [5.74, 6) is -0.319. The molecule has 7 nitrogen and oxygen atoms in total. The molecule has 2 amide bonds. The zero-order chi connectivity index (χ0) is 21.7. The summed E-state index contributed by atoms with van der Waals surface area (Å²) in [6, 6.07) is 15.4. The van der Waals surface area contributed by atoms with Gasteiger partial charge >= 0.3 is 0 Å². The van der Waals surface area contributed by atoms with Gasteiger partial charge in [0.1, 0.15) is 0 Å². The molecule has 9 heteroatoms. The van der Waals surface area contributed by atoms with E-state index in [0.717, 1.165) is 10.0 Å². The molecular formula is C21H24BrN3O4S. The lowest BCUT2D eigenvalue weighted by molar-refractivity contribution is -0.133. The van der Waals surface area contributed by atoms with Gasteiger partial charge in [-0.3, -0.25) is 9.59 Å². The second kappa shape index (κ2) is 9.72. The molecule has 1 aliphatic rings. The van der Waals surface area contributed by atoms with Gasteiger partial charge < -0.3 is 10.2 Å². The van der Waals surface area contributed by atoms with Gasteiger partial charge in [0.05, 0.1) is 17.4 Å². The van der Waals surface area contributed by atoms with Crippen molar-refractivity contribution in [3.05, 3.63) is 64.6 Å². The summed E-state index contributed by atoms with van der Waals surface area (Å²) in [6.45, 7) is 2.53. The largest absolute Gasteiger partial charge is 0.349 e. The van der Waals surface area contributed by atoms with Crippen LogP contribution >= 0.6 is 15.9 Å². The Hall–Kier alpha value is -2.23. The Kier molecular flexibility index (Phi) is 7.27. The van der Waals surface area contributed by atoms with Crippen LogP contribution in [0.4, 0.5) is 0 Å². The molecule has 1 heterocycles. The molecule has 160 valence electrons. The summed E-state index contributed by atoms with van der Waals surface area (Å²) < 4.78 is 27.9. The van der Waals surface area contributed by atoms with Crippen molar-refractivity contribution < 1.29 is 18.0 Å². The van der Waals surface area contributed by atoms with Gasteiger partial charge in [0, 0.05) is 37.6 Å². The van der Waals surface area contributed by atoms with E-state index in [1.54, 1.807) is 29.2 Å². The Morgan fingerprint density at radius 3 is 2.17 bits per heavy atom. The summed E-state index contributed by atoms with van der Waals surface area (Å²) in [6.07, 6.45) is 0.128. The Morgan fingerprint density at radius 1 is 1.00 bits per heavy atom. The topological polar surface area (TPSA) is 86.8 Å². The van der Waals surface area contributed by atoms with Crippen LogP contribution in [0.25, 0.3) is 0 Å². The molecule has 2 aromatic carbocycles. The molecule has 1 N–H and O–H groups in total. The van der Waals surface area contributed by atoms with Crippen LogP contribution in [-0.4, -0.2) is 55.6 Å². The monoisotopic (exact) mass is 493 g/mol. The Labute approximate surface area is 185 Å². The SMILES string of the molecule is CC(=O)N[C@@H](CC(=O)N1CCN(S(=O)(=O)c2ccc(Br)cc2)CC1)c1ccccc1. The van der Waals surface area contributed by atoms with Gasteiger partial charge in [-0.1, -0.05) is 46.3 Å². The smallest absolute Gasteiger partial charge is 0.243 e. The van der Waals surface area contributed by atoms with E-state index in [2.05, 4.69) is 21.2 Å². The van der Waals surface area contributed by atoms with E-state index in [-0.39, 0.29) is 36.2 Å². The van der Waals surface area contributed by atoms with Gasteiger partial charge in [-0.05, 0) is 29.8 Å². The second-order valence-corrected chi connectivity index (χ2v) is 9.96. The summed E-state index contributed by atoms with van der Waals surface area (Å²) in [4.78, 5) is 26.3. The highest BCUT2D eigenvalue weighted by molar-refractivity contribution is 9.10. The number of piperazine rings is 1.